The molecule has 13 nitrogen and oxygen atoms in total. The van der Waals surface area contributed by atoms with Gasteiger partial charge in [0.05, 0.1) is 5.92 Å². The Balaban J connectivity index is 1.12. The number of nitrogens with zero attached hydrogens (tertiary/aromatic N) is 4. The minimum Gasteiger partial charge on any atom is -0.508 e. The highest BCUT2D eigenvalue weighted by Crippen LogP contribution is 2.61. The fraction of sp³-hybridized carbons (Fsp3) is 0.500. The van der Waals surface area contributed by atoms with Crippen LogP contribution in [0.15, 0.2) is 59.5 Å². The number of H-pyrrole nitrogens is 1. The minimum absolute atomic E-state index is 0.108. The molecule has 5 aromatic rings. The second-order valence-electron chi connectivity index (χ2n) is 17.1. The number of carbonyl (C=O) groups excluding carboxylic acids is 2. The zero-order valence-electron chi connectivity index (χ0n) is 31.8. The summed E-state index contributed by atoms with van der Waals surface area (Å²) in [6.07, 6.45) is 14.8. The summed E-state index contributed by atoms with van der Waals surface area (Å²) in [4.78, 5) is 40.9. The van der Waals surface area contributed by atoms with Crippen LogP contribution in [0.4, 0.5) is 5.95 Å². The second-order valence-corrected chi connectivity index (χ2v) is 17.1. The summed E-state index contributed by atoms with van der Waals surface area (Å²) < 4.78 is 7.81. The van der Waals surface area contributed by atoms with Crippen LogP contribution in [0.2, 0.25) is 0 Å². The lowest BCUT2D eigenvalue weighted by molar-refractivity contribution is -0.135. The van der Waals surface area contributed by atoms with Crippen molar-refractivity contribution in [3.8, 4) is 5.75 Å². The van der Waals surface area contributed by atoms with Gasteiger partial charge in [0, 0.05) is 48.9 Å². The molecule has 290 valence electrons. The fourth-order valence-electron chi connectivity index (χ4n) is 10.9. The van der Waals surface area contributed by atoms with Crippen molar-refractivity contribution in [2.45, 2.75) is 103 Å². The Labute approximate surface area is 320 Å². The summed E-state index contributed by atoms with van der Waals surface area (Å²) in [5.74, 6) is 1.49. The molecule has 1 unspecified atom stereocenters. The predicted molar refractivity (Wildman–Crippen MR) is 208 cm³/mol. The van der Waals surface area contributed by atoms with Gasteiger partial charge in [-0.2, -0.15) is 4.98 Å². The van der Waals surface area contributed by atoms with Crippen molar-refractivity contribution in [1.82, 2.24) is 30.0 Å². The maximum absolute atomic E-state index is 14.9. The summed E-state index contributed by atoms with van der Waals surface area (Å²) in [6.45, 7) is 4.16. The highest BCUT2D eigenvalue weighted by Gasteiger charge is 2.51. The fourth-order valence-corrected chi connectivity index (χ4v) is 10.9. The standard InChI is InChI=1S/C42H53N9O4/c1-24-12-30(52)13-25(2)32(24)18-33(42(45,39(43)54)8-5-10-51-11-9-46-40(51)44)37(53)48-35(17-29-23-47-34-7-4-3-6-31(29)34)38-49-36(50-55-38)22-41-19-26-14-27(20-41)16-28(15-26)21-41/h3-4,6-7,9,11-13,23,26-28,33,35,47,52H,5,8,10,14-22,45H2,1-2H3,(H2,43,54)(H2,44,46)(H,48,53)/t26?,27?,28?,33-,35+,41?,42?/m1/s1. The number of hydrogen-bond acceptors (Lipinski definition) is 9. The van der Waals surface area contributed by atoms with E-state index in [1.807, 2.05) is 44.3 Å². The maximum Gasteiger partial charge on any atom is 0.249 e. The molecule has 0 aliphatic heterocycles. The lowest BCUT2D eigenvalue weighted by Gasteiger charge is -2.56. The third-order valence-electron chi connectivity index (χ3n) is 13.1. The number of benzene rings is 2. The van der Waals surface area contributed by atoms with E-state index in [1.54, 1.807) is 29.1 Å². The van der Waals surface area contributed by atoms with Crippen LogP contribution in [0.25, 0.3) is 10.9 Å². The highest BCUT2D eigenvalue weighted by molar-refractivity contribution is 5.93. The zero-order valence-corrected chi connectivity index (χ0v) is 31.8. The molecule has 9 rings (SSSR count). The zero-order chi connectivity index (χ0) is 38.5. The number of phenolic OH excluding ortho intramolecular Hbond substituents is 1. The van der Waals surface area contributed by atoms with Crippen molar-refractivity contribution in [2.75, 3.05) is 5.73 Å². The van der Waals surface area contributed by atoms with Gasteiger partial charge in [0.25, 0.3) is 0 Å². The minimum atomic E-state index is -1.75. The molecule has 4 fully saturated rings. The number of nitrogens with one attached hydrogen (secondary N) is 2. The van der Waals surface area contributed by atoms with Crippen molar-refractivity contribution in [2.24, 2.45) is 40.6 Å². The number of aromatic hydroxyl groups is 1. The topological polar surface area (TPSA) is 217 Å². The summed E-state index contributed by atoms with van der Waals surface area (Å²) >= 11 is 0. The molecule has 4 saturated carbocycles. The molecule has 13 heteroatoms. The Morgan fingerprint density at radius 2 is 1.78 bits per heavy atom. The van der Waals surface area contributed by atoms with Crippen LogP contribution in [0.5, 0.6) is 5.75 Å². The van der Waals surface area contributed by atoms with E-state index in [9.17, 15) is 14.7 Å². The van der Waals surface area contributed by atoms with Gasteiger partial charge >= 0.3 is 0 Å². The van der Waals surface area contributed by atoms with Gasteiger partial charge in [-0.1, -0.05) is 23.4 Å². The molecular weight excluding hydrogens is 695 g/mol. The third-order valence-corrected chi connectivity index (χ3v) is 13.1. The van der Waals surface area contributed by atoms with Crippen LogP contribution < -0.4 is 22.5 Å². The number of para-hydroxylation sites is 1. The number of aromatic amines is 1. The van der Waals surface area contributed by atoms with Gasteiger partial charge in [0.2, 0.25) is 17.7 Å². The van der Waals surface area contributed by atoms with Crippen LogP contribution in [-0.4, -0.2) is 47.1 Å². The molecule has 0 spiro atoms. The number of anilines is 1. The Bertz CT molecular complexity index is 2140. The summed E-state index contributed by atoms with van der Waals surface area (Å²) in [6, 6.07) is 10.6. The van der Waals surface area contributed by atoms with E-state index in [4.69, 9.17) is 26.7 Å². The summed E-state index contributed by atoms with van der Waals surface area (Å²) in [5, 5.41) is 19.1. The molecule has 9 N–H and O–H groups in total. The van der Waals surface area contributed by atoms with Gasteiger partial charge in [-0.05, 0) is 135 Å². The number of hydrogen-bond donors (Lipinski definition) is 6. The lowest BCUT2D eigenvalue weighted by Crippen LogP contribution is -2.62. The van der Waals surface area contributed by atoms with Crippen molar-refractivity contribution < 1.29 is 19.2 Å². The van der Waals surface area contributed by atoms with E-state index >= 15 is 0 Å². The number of aromatic nitrogens is 5. The first kappa shape index (κ1) is 36.8. The Kier molecular flexibility index (Phi) is 9.69. The van der Waals surface area contributed by atoms with Gasteiger partial charge in [-0.3, -0.25) is 9.59 Å². The number of aryl methyl sites for hydroxylation is 3. The predicted octanol–water partition coefficient (Wildman–Crippen LogP) is 5.33. The quantitative estimate of drug-likeness (QED) is 0.0814. The monoisotopic (exact) mass is 747 g/mol. The van der Waals surface area contributed by atoms with E-state index < -0.39 is 29.3 Å². The normalized spacial score (nSPS) is 23.8. The number of primary amides is 1. The first-order valence-corrected chi connectivity index (χ1v) is 19.7. The first-order valence-electron chi connectivity index (χ1n) is 19.7. The molecule has 4 aliphatic rings. The molecule has 0 saturated heterocycles. The van der Waals surface area contributed by atoms with Crippen LogP contribution in [0, 0.1) is 42.9 Å². The molecule has 4 bridgehead atoms. The van der Waals surface area contributed by atoms with Gasteiger partial charge in [0.1, 0.15) is 17.3 Å². The average Bonchev–Trinajstić information content (AvgIpc) is 3.87. The van der Waals surface area contributed by atoms with Crippen molar-refractivity contribution >= 4 is 28.7 Å². The van der Waals surface area contributed by atoms with Crippen LogP contribution in [0.1, 0.15) is 91.4 Å². The van der Waals surface area contributed by atoms with Crippen LogP contribution >= 0.6 is 0 Å². The molecule has 2 amide bonds. The Morgan fingerprint density at radius 3 is 2.44 bits per heavy atom. The molecule has 3 aromatic heterocycles. The number of carbonyl (C=O) groups is 2. The molecule has 4 aliphatic carbocycles. The highest BCUT2D eigenvalue weighted by atomic mass is 16.5. The Morgan fingerprint density at radius 1 is 1.09 bits per heavy atom. The van der Waals surface area contributed by atoms with E-state index in [2.05, 4.69) is 20.4 Å². The number of nitrogens with two attached hydrogens (primary N) is 3. The smallest absolute Gasteiger partial charge is 0.249 e. The van der Waals surface area contributed by atoms with Crippen molar-refractivity contribution in [3.05, 3.63) is 89.0 Å². The number of phenols is 1. The maximum atomic E-state index is 14.9. The molecule has 2 aromatic carbocycles. The summed E-state index contributed by atoms with van der Waals surface area (Å²) in [7, 11) is 0. The van der Waals surface area contributed by atoms with Gasteiger partial charge in [0.15, 0.2) is 11.8 Å². The van der Waals surface area contributed by atoms with E-state index in [0.29, 0.717) is 37.0 Å². The molecule has 55 heavy (non-hydrogen) atoms. The van der Waals surface area contributed by atoms with Gasteiger partial charge in [-0.15, -0.1) is 0 Å². The van der Waals surface area contributed by atoms with E-state index in [1.165, 1.54) is 38.5 Å². The number of fused-ring (bicyclic) bond motifs is 1. The number of imidazole rings is 1. The first-order chi connectivity index (χ1) is 26.4. The summed E-state index contributed by atoms with van der Waals surface area (Å²) in [5.41, 5.74) is 21.9. The van der Waals surface area contributed by atoms with Crippen LogP contribution in [0.3, 0.4) is 0 Å². The molecule has 0 radical (unpaired) electrons. The molecule has 3 heterocycles. The van der Waals surface area contributed by atoms with Crippen molar-refractivity contribution in [1.29, 1.82) is 0 Å². The number of nitrogen functional groups attached to an aromatic ring is 1. The van der Waals surface area contributed by atoms with Gasteiger partial charge < -0.3 is 41.7 Å². The van der Waals surface area contributed by atoms with Crippen molar-refractivity contribution in [3.63, 3.8) is 0 Å². The molecular formula is C42H53N9O4. The van der Waals surface area contributed by atoms with Gasteiger partial charge in [-0.25, -0.2) is 4.98 Å². The SMILES string of the molecule is Cc1cc(O)cc(C)c1C[C@H](C(=O)N[C@@H](Cc1c[nH]c2ccccc12)c1nc(CC23CC4CC(CC(C4)C2)C3)no1)C(N)(CCCn1ccnc1N)C(N)=O. The van der Waals surface area contributed by atoms with E-state index in [-0.39, 0.29) is 24.0 Å². The number of rotatable bonds is 15. The average molecular weight is 748 g/mol. The Hall–Kier alpha value is -5.17. The third kappa shape index (κ3) is 7.33. The second kappa shape index (κ2) is 14.5. The van der Waals surface area contributed by atoms with E-state index in [0.717, 1.165) is 57.3 Å². The van der Waals surface area contributed by atoms with Crippen LogP contribution in [-0.2, 0) is 35.4 Å². The lowest BCUT2D eigenvalue weighted by atomic mass is 9.49. The molecule has 3 atom stereocenters. The largest absolute Gasteiger partial charge is 0.508 e. The number of amides is 2.